The summed E-state index contributed by atoms with van der Waals surface area (Å²) in [5.74, 6) is -0.00961. The van der Waals surface area contributed by atoms with Crippen molar-refractivity contribution in [2.24, 2.45) is 5.41 Å². The predicted octanol–water partition coefficient (Wildman–Crippen LogP) is 0.526. The summed E-state index contributed by atoms with van der Waals surface area (Å²) in [4.78, 5) is 11.8. The molecular formula is C11H22N2O2. The highest BCUT2D eigenvalue weighted by Gasteiger charge is 2.27. The maximum Gasteiger partial charge on any atom is 0.250 e. The fourth-order valence-electron chi connectivity index (χ4n) is 1.26. The second kappa shape index (κ2) is 4.94. The van der Waals surface area contributed by atoms with Gasteiger partial charge in [-0.25, -0.2) is 0 Å². The van der Waals surface area contributed by atoms with Gasteiger partial charge in [-0.05, 0) is 12.3 Å². The number of carbonyl (C=O) groups excluding carboxylic acids is 1. The maximum absolute atomic E-state index is 11.8. The summed E-state index contributed by atoms with van der Waals surface area (Å²) in [6, 6.07) is 0.149. The van der Waals surface area contributed by atoms with Crippen molar-refractivity contribution in [1.29, 1.82) is 0 Å². The third-order valence-electron chi connectivity index (χ3n) is 2.88. The van der Waals surface area contributed by atoms with Gasteiger partial charge in [0.25, 0.3) is 5.91 Å². The highest BCUT2D eigenvalue weighted by Crippen LogP contribution is 2.18. The summed E-state index contributed by atoms with van der Waals surface area (Å²) in [5, 5.41) is 6.13. The number of hydrogen-bond acceptors (Lipinski definition) is 3. The highest BCUT2D eigenvalue weighted by atomic mass is 16.5. The van der Waals surface area contributed by atoms with E-state index < -0.39 is 0 Å². The van der Waals surface area contributed by atoms with Gasteiger partial charge >= 0.3 is 0 Å². The van der Waals surface area contributed by atoms with Crippen molar-refractivity contribution in [3.63, 3.8) is 0 Å². The first kappa shape index (κ1) is 12.5. The van der Waals surface area contributed by atoms with Gasteiger partial charge in [0.05, 0.1) is 6.61 Å². The Morgan fingerprint density at radius 1 is 1.53 bits per heavy atom. The number of carbonyl (C=O) groups is 1. The first-order chi connectivity index (χ1) is 6.91. The smallest absolute Gasteiger partial charge is 0.250 e. The molecule has 2 atom stereocenters. The molecule has 2 N–H and O–H groups in total. The van der Waals surface area contributed by atoms with Crippen molar-refractivity contribution >= 4 is 5.91 Å². The van der Waals surface area contributed by atoms with Crippen LogP contribution in [0.15, 0.2) is 0 Å². The van der Waals surface area contributed by atoms with Crippen LogP contribution in [0.4, 0.5) is 0 Å². The molecule has 1 saturated heterocycles. The topological polar surface area (TPSA) is 50.4 Å². The molecule has 1 heterocycles. The molecule has 0 radical (unpaired) electrons. The molecule has 0 saturated carbocycles. The molecule has 1 amide bonds. The van der Waals surface area contributed by atoms with Gasteiger partial charge in [0.2, 0.25) is 0 Å². The molecule has 0 aromatic heterocycles. The van der Waals surface area contributed by atoms with Crippen molar-refractivity contribution in [1.82, 2.24) is 10.6 Å². The molecule has 0 aromatic rings. The summed E-state index contributed by atoms with van der Waals surface area (Å²) in [6.45, 7) is 10.4. The van der Waals surface area contributed by atoms with E-state index in [1.165, 1.54) is 0 Å². The molecule has 1 aliphatic rings. The van der Waals surface area contributed by atoms with E-state index in [9.17, 15) is 4.79 Å². The number of amides is 1. The highest BCUT2D eigenvalue weighted by molar-refractivity contribution is 5.81. The van der Waals surface area contributed by atoms with Crippen molar-refractivity contribution in [2.45, 2.75) is 39.8 Å². The van der Waals surface area contributed by atoms with Crippen LogP contribution in [0.3, 0.4) is 0 Å². The van der Waals surface area contributed by atoms with Crippen LogP contribution in [-0.4, -0.2) is 37.7 Å². The molecule has 2 unspecified atom stereocenters. The Kier molecular flexibility index (Phi) is 4.11. The van der Waals surface area contributed by atoms with E-state index in [1.807, 2.05) is 6.92 Å². The first-order valence-corrected chi connectivity index (χ1v) is 5.54. The standard InChI is InChI=1S/C11H22N2O2/c1-8(11(2,3)4)13-10(14)9-7-12-5-6-15-9/h8-9,12H,5-7H2,1-4H3,(H,13,14). The number of morpholine rings is 1. The molecule has 1 rings (SSSR count). The van der Waals surface area contributed by atoms with Crippen molar-refractivity contribution in [3.05, 3.63) is 0 Å². The van der Waals surface area contributed by atoms with E-state index in [1.54, 1.807) is 0 Å². The summed E-state index contributed by atoms with van der Waals surface area (Å²) in [7, 11) is 0. The number of nitrogens with one attached hydrogen (secondary N) is 2. The maximum atomic E-state index is 11.8. The second-order valence-corrected chi connectivity index (χ2v) is 5.16. The van der Waals surface area contributed by atoms with Crippen LogP contribution < -0.4 is 10.6 Å². The number of ether oxygens (including phenoxy) is 1. The molecule has 0 bridgehead atoms. The lowest BCUT2D eigenvalue weighted by molar-refractivity contribution is -0.135. The van der Waals surface area contributed by atoms with Gasteiger partial charge in [-0.15, -0.1) is 0 Å². The third kappa shape index (κ3) is 3.80. The van der Waals surface area contributed by atoms with Crippen molar-refractivity contribution < 1.29 is 9.53 Å². The molecule has 0 aromatic carbocycles. The quantitative estimate of drug-likeness (QED) is 0.705. The fourth-order valence-corrected chi connectivity index (χ4v) is 1.26. The summed E-state index contributed by atoms with van der Waals surface area (Å²) < 4.78 is 5.38. The van der Waals surface area contributed by atoms with Crippen molar-refractivity contribution in [3.8, 4) is 0 Å². The zero-order valence-corrected chi connectivity index (χ0v) is 10.1. The van der Waals surface area contributed by atoms with Crippen LogP contribution in [-0.2, 0) is 9.53 Å². The lowest BCUT2D eigenvalue weighted by atomic mass is 9.88. The third-order valence-corrected chi connectivity index (χ3v) is 2.88. The van der Waals surface area contributed by atoms with E-state index in [2.05, 4.69) is 31.4 Å². The molecular weight excluding hydrogens is 192 g/mol. The Morgan fingerprint density at radius 2 is 2.20 bits per heavy atom. The molecule has 4 heteroatoms. The van der Waals surface area contributed by atoms with E-state index in [0.29, 0.717) is 13.2 Å². The van der Waals surface area contributed by atoms with Crippen LogP contribution in [0.5, 0.6) is 0 Å². The molecule has 4 nitrogen and oxygen atoms in total. The molecule has 88 valence electrons. The normalized spacial score (nSPS) is 24.7. The van der Waals surface area contributed by atoms with Crippen LogP contribution in [0.25, 0.3) is 0 Å². The molecule has 1 fully saturated rings. The van der Waals surface area contributed by atoms with E-state index in [0.717, 1.165) is 6.54 Å². The zero-order chi connectivity index (χ0) is 11.5. The monoisotopic (exact) mass is 214 g/mol. The van der Waals surface area contributed by atoms with E-state index in [4.69, 9.17) is 4.74 Å². The molecule has 0 aliphatic carbocycles. The first-order valence-electron chi connectivity index (χ1n) is 5.54. The summed E-state index contributed by atoms with van der Waals surface area (Å²) in [6.07, 6.45) is -0.330. The van der Waals surface area contributed by atoms with Crippen molar-refractivity contribution in [2.75, 3.05) is 19.7 Å². The Hall–Kier alpha value is -0.610. The Bertz CT molecular complexity index is 217. The van der Waals surface area contributed by atoms with Gasteiger partial charge in [0.15, 0.2) is 0 Å². The average molecular weight is 214 g/mol. The Balaban J connectivity index is 2.40. The summed E-state index contributed by atoms with van der Waals surface area (Å²) in [5.41, 5.74) is 0.0811. The lowest BCUT2D eigenvalue weighted by Gasteiger charge is -2.30. The molecule has 0 spiro atoms. The fraction of sp³-hybridized carbons (Fsp3) is 0.909. The Labute approximate surface area is 91.8 Å². The minimum Gasteiger partial charge on any atom is -0.366 e. The number of hydrogen-bond donors (Lipinski definition) is 2. The zero-order valence-electron chi connectivity index (χ0n) is 10.1. The lowest BCUT2D eigenvalue weighted by Crippen LogP contribution is -2.52. The van der Waals surface area contributed by atoms with Gasteiger partial charge in [-0.1, -0.05) is 20.8 Å². The van der Waals surface area contributed by atoms with Gasteiger partial charge in [-0.2, -0.15) is 0 Å². The van der Waals surface area contributed by atoms with Crippen LogP contribution >= 0.6 is 0 Å². The Morgan fingerprint density at radius 3 is 2.67 bits per heavy atom. The second-order valence-electron chi connectivity index (χ2n) is 5.16. The SMILES string of the molecule is CC(NC(=O)C1CNCCO1)C(C)(C)C. The number of rotatable bonds is 2. The predicted molar refractivity (Wildman–Crippen MR) is 59.7 cm³/mol. The van der Waals surface area contributed by atoms with E-state index in [-0.39, 0.29) is 23.5 Å². The van der Waals surface area contributed by atoms with Gasteiger partial charge < -0.3 is 15.4 Å². The van der Waals surface area contributed by atoms with E-state index >= 15 is 0 Å². The average Bonchev–Trinajstić information content (AvgIpc) is 2.17. The summed E-state index contributed by atoms with van der Waals surface area (Å²) >= 11 is 0. The minimum absolute atomic E-state index is 0.00961. The molecule has 15 heavy (non-hydrogen) atoms. The van der Waals surface area contributed by atoms with Crippen LogP contribution in [0.2, 0.25) is 0 Å². The largest absolute Gasteiger partial charge is 0.366 e. The van der Waals surface area contributed by atoms with Gasteiger partial charge in [0.1, 0.15) is 6.10 Å². The minimum atomic E-state index is -0.330. The van der Waals surface area contributed by atoms with Crippen LogP contribution in [0.1, 0.15) is 27.7 Å². The molecule has 1 aliphatic heterocycles. The van der Waals surface area contributed by atoms with Gasteiger partial charge in [-0.3, -0.25) is 4.79 Å². The van der Waals surface area contributed by atoms with Crippen LogP contribution in [0, 0.1) is 5.41 Å². The van der Waals surface area contributed by atoms with Gasteiger partial charge in [0, 0.05) is 19.1 Å².